The van der Waals surface area contributed by atoms with Crippen molar-refractivity contribution in [1.82, 2.24) is 4.90 Å². The van der Waals surface area contributed by atoms with Crippen LogP contribution in [0.25, 0.3) is 0 Å². The minimum Gasteiger partial charge on any atom is -0.497 e. The number of nitrogens with one attached hydrogen (secondary N) is 2. The molecule has 3 aromatic rings. The second kappa shape index (κ2) is 8.01. The smallest absolute Gasteiger partial charge is 0.251 e. The molecule has 0 bridgehead atoms. The van der Waals surface area contributed by atoms with E-state index in [1.165, 1.54) is 0 Å². The van der Waals surface area contributed by atoms with Gasteiger partial charge >= 0.3 is 0 Å². The summed E-state index contributed by atoms with van der Waals surface area (Å²) >= 11 is 0. The molecule has 4 atom stereocenters. The lowest BCUT2D eigenvalue weighted by atomic mass is 9.57. The Morgan fingerprint density at radius 2 is 1.76 bits per heavy atom. The maximum Gasteiger partial charge on any atom is 0.251 e. The fourth-order valence-corrected chi connectivity index (χ4v) is 7.80. The van der Waals surface area contributed by atoms with Gasteiger partial charge in [0.1, 0.15) is 16.7 Å². The van der Waals surface area contributed by atoms with Crippen LogP contribution in [0.1, 0.15) is 46.8 Å². The summed E-state index contributed by atoms with van der Waals surface area (Å²) in [6.07, 6.45) is 2.38. The molecule has 0 aromatic heterocycles. The predicted molar refractivity (Wildman–Crippen MR) is 143 cm³/mol. The highest BCUT2D eigenvalue weighted by atomic mass is 16.5. The molecule has 2 spiro atoms. The van der Waals surface area contributed by atoms with Crippen LogP contribution < -0.4 is 15.4 Å². The summed E-state index contributed by atoms with van der Waals surface area (Å²) in [7, 11) is 1.57. The van der Waals surface area contributed by atoms with Crippen molar-refractivity contribution < 1.29 is 19.1 Å². The SMILES string of the molecule is CCc1ccc2c(c1)[C@]1(C(=O)N2)N2CCC[C@@H]2[C@@H](C(=O)c2cccc(OC)c2)[C@@]12C(=O)Nc1ccccc12. The van der Waals surface area contributed by atoms with E-state index in [-0.39, 0.29) is 23.6 Å². The average molecular weight is 508 g/mol. The number of hydrogen-bond acceptors (Lipinski definition) is 5. The maximum atomic E-state index is 14.7. The molecule has 7 heteroatoms. The number of Topliss-reactive ketones (excluding diaryl/α,β-unsaturated/α-hetero) is 1. The lowest BCUT2D eigenvalue weighted by Gasteiger charge is -2.43. The van der Waals surface area contributed by atoms with Gasteiger partial charge in [-0.1, -0.05) is 49.4 Å². The van der Waals surface area contributed by atoms with Crippen molar-refractivity contribution in [2.24, 2.45) is 5.92 Å². The molecule has 2 amide bonds. The van der Waals surface area contributed by atoms with Gasteiger partial charge in [0.25, 0.3) is 5.91 Å². The third kappa shape index (κ3) is 2.59. The molecule has 7 nitrogen and oxygen atoms in total. The van der Waals surface area contributed by atoms with Gasteiger partial charge in [-0.05, 0) is 61.2 Å². The van der Waals surface area contributed by atoms with Crippen LogP contribution in [-0.4, -0.2) is 42.2 Å². The quantitative estimate of drug-likeness (QED) is 0.515. The van der Waals surface area contributed by atoms with Crippen molar-refractivity contribution >= 4 is 29.0 Å². The Balaban J connectivity index is 1.58. The van der Waals surface area contributed by atoms with E-state index < -0.39 is 16.9 Å². The number of benzene rings is 3. The number of ketones is 1. The number of aryl methyl sites for hydroxylation is 1. The van der Waals surface area contributed by atoms with E-state index in [2.05, 4.69) is 28.5 Å². The lowest BCUT2D eigenvalue weighted by molar-refractivity contribution is -0.137. The number of ether oxygens (including phenoxy) is 1. The third-order valence-electron chi connectivity index (χ3n) is 9.21. The topological polar surface area (TPSA) is 87.7 Å². The Morgan fingerprint density at radius 1 is 0.974 bits per heavy atom. The van der Waals surface area contributed by atoms with Crippen molar-refractivity contribution in [1.29, 1.82) is 0 Å². The second-order valence-corrected chi connectivity index (χ2v) is 10.7. The highest BCUT2D eigenvalue weighted by Gasteiger charge is 2.81. The number of rotatable bonds is 4. The van der Waals surface area contributed by atoms with Crippen molar-refractivity contribution in [2.75, 3.05) is 24.3 Å². The summed E-state index contributed by atoms with van der Waals surface area (Å²) in [5.41, 5.74) is 1.67. The summed E-state index contributed by atoms with van der Waals surface area (Å²) in [5, 5.41) is 6.21. The predicted octanol–water partition coefficient (Wildman–Crippen LogP) is 4.27. The molecule has 192 valence electrons. The van der Waals surface area contributed by atoms with E-state index in [4.69, 9.17) is 4.74 Å². The van der Waals surface area contributed by atoms with Crippen molar-refractivity contribution in [2.45, 2.75) is 43.2 Å². The van der Waals surface area contributed by atoms with E-state index in [1.54, 1.807) is 31.4 Å². The van der Waals surface area contributed by atoms with Crippen LogP contribution in [0.4, 0.5) is 11.4 Å². The number of fused-ring (bicyclic) bond motifs is 7. The molecular formula is C31H29N3O4. The molecule has 0 radical (unpaired) electrons. The van der Waals surface area contributed by atoms with Crippen LogP contribution in [-0.2, 0) is 27.0 Å². The van der Waals surface area contributed by atoms with Crippen molar-refractivity contribution in [3.8, 4) is 5.75 Å². The van der Waals surface area contributed by atoms with Gasteiger partial charge in [-0.15, -0.1) is 0 Å². The minimum absolute atomic E-state index is 0.141. The summed E-state index contributed by atoms with van der Waals surface area (Å²) < 4.78 is 5.42. The molecule has 4 heterocycles. The van der Waals surface area contributed by atoms with Gasteiger partial charge < -0.3 is 15.4 Å². The fourth-order valence-electron chi connectivity index (χ4n) is 7.80. The number of hydrogen-bond donors (Lipinski definition) is 2. The molecule has 3 aromatic carbocycles. The Morgan fingerprint density at radius 3 is 2.58 bits per heavy atom. The summed E-state index contributed by atoms with van der Waals surface area (Å²) in [6.45, 7) is 2.71. The summed E-state index contributed by atoms with van der Waals surface area (Å²) in [4.78, 5) is 45.8. The zero-order chi connectivity index (χ0) is 26.2. The van der Waals surface area contributed by atoms with E-state index in [1.807, 2.05) is 36.4 Å². The lowest BCUT2D eigenvalue weighted by Crippen LogP contribution is -2.62. The van der Waals surface area contributed by atoms with Gasteiger partial charge in [-0.3, -0.25) is 19.3 Å². The fraction of sp³-hybridized carbons (Fsp3) is 0.323. The van der Waals surface area contributed by atoms with Gasteiger partial charge in [-0.2, -0.15) is 0 Å². The van der Waals surface area contributed by atoms with Gasteiger partial charge in [-0.25, -0.2) is 0 Å². The standard InChI is InChI=1S/C31H29N3O4/c1-3-18-13-14-24-22(16-18)31(29(37)33-24)30(21-10-4-5-11-23(21)32-28(30)36)26(25-12-7-15-34(25)31)27(35)19-8-6-9-20(17-19)38-2/h4-6,8-11,13-14,16-17,25-26H,3,7,12,15H2,1-2H3,(H,32,36)(H,33,37)/t25-,26+,30+,31-/m1/s1. The molecular weight excluding hydrogens is 478 g/mol. The first-order valence-corrected chi connectivity index (χ1v) is 13.3. The zero-order valence-electron chi connectivity index (χ0n) is 21.4. The minimum atomic E-state index is -1.43. The van der Waals surface area contributed by atoms with Crippen molar-refractivity contribution in [3.63, 3.8) is 0 Å². The molecule has 2 saturated heterocycles. The number of amides is 2. The number of nitrogens with zero attached hydrogens (tertiary/aromatic N) is 1. The highest BCUT2D eigenvalue weighted by Crippen LogP contribution is 2.67. The molecule has 7 rings (SSSR count). The zero-order valence-corrected chi connectivity index (χ0v) is 21.4. The monoisotopic (exact) mass is 507 g/mol. The van der Waals surface area contributed by atoms with Crippen LogP contribution in [0.15, 0.2) is 66.7 Å². The molecule has 4 aliphatic rings. The Hall–Kier alpha value is -3.97. The van der Waals surface area contributed by atoms with Crippen molar-refractivity contribution in [3.05, 3.63) is 89.0 Å². The van der Waals surface area contributed by atoms with E-state index >= 15 is 0 Å². The molecule has 0 aliphatic carbocycles. The van der Waals surface area contributed by atoms with E-state index in [9.17, 15) is 14.4 Å². The van der Waals surface area contributed by atoms with Crippen LogP contribution in [0.2, 0.25) is 0 Å². The van der Waals surface area contributed by atoms with Gasteiger partial charge in [0.05, 0.1) is 13.0 Å². The average Bonchev–Trinajstić information content (AvgIpc) is 3.66. The normalized spacial score (nSPS) is 28.8. The van der Waals surface area contributed by atoms with E-state index in [0.717, 1.165) is 30.4 Å². The Bertz CT molecular complexity index is 1530. The molecule has 2 N–H and O–H groups in total. The molecule has 38 heavy (non-hydrogen) atoms. The Labute approximate surface area is 221 Å². The first-order valence-electron chi connectivity index (χ1n) is 13.3. The number of para-hydroxylation sites is 1. The first kappa shape index (κ1) is 23.2. The second-order valence-electron chi connectivity index (χ2n) is 10.7. The number of carbonyl (C=O) groups excluding carboxylic acids is 3. The maximum absolute atomic E-state index is 14.7. The molecule has 2 fully saturated rings. The largest absolute Gasteiger partial charge is 0.497 e. The van der Waals surface area contributed by atoms with Crippen LogP contribution in [0.3, 0.4) is 0 Å². The Kier molecular flexibility index (Phi) is 4.89. The molecule has 0 saturated carbocycles. The van der Waals surface area contributed by atoms with Gasteiger partial charge in [0, 0.05) is 28.5 Å². The molecule has 0 unspecified atom stereocenters. The highest BCUT2D eigenvalue weighted by molar-refractivity contribution is 6.21. The number of anilines is 2. The summed E-state index contributed by atoms with van der Waals surface area (Å²) in [5.74, 6) is -0.853. The van der Waals surface area contributed by atoms with Crippen LogP contribution in [0, 0.1) is 5.92 Å². The summed E-state index contributed by atoms with van der Waals surface area (Å²) in [6, 6.07) is 20.4. The van der Waals surface area contributed by atoms with Crippen LogP contribution in [0.5, 0.6) is 5.75 Å². The van der Waals surface area contributed by atoms with Gasteiger partial charge in [0.2, 0.25) is 5.91 Å². The van der Waals surface area contributed by atoms with Gasteiger partial charge in [0.15, 0.2) is 5.78 Å². The van der Waals surface area contributed by atoms with Crippen LogP contribution >= 0.6 is 0 Å². The molecule has 4 aliphatic heterocycles. The van der Waals surface area contributed by atoms with E-state index in [0.29, 0.717) is 34.8 Å². The first-order chi connectivity index (χ1) is 18.5. The number of methoxy groups -OCH3 is 1. The number of carbonyl (C=O) groups is 3. The third-order valence-corrected chi connectivity index (χ3v) is 9.21.